The molecule has 0 radical (unpaired) electrons. The van der Waals surface area contributed by atoms with Crippen molar-refractivity contribution >= 4 is 41.0 Å². The number of ether oxygens (including phenoxy) is 2. The quantitative estimate of drug-likeness (QED) is 0.445. The summed E-state index contributed by atoms with van der Waals surface area (Å²) in [6.07, 6.45) is 0. The number of nitrogens with one attached hydrogen (secondary N) is 1. The summed E-state index contributed by atoms with van der Waals surface area (Å²) in [6.45, 7) is -0.619. The van der Waals surface area contributed by atoms with Gasteiger partial charge in [0.1, 0.15) is 0 Å². The van der Waals surface area contributed by atoms with E-state index in [0.717, 1.165) is 4.90 Å². The lowest BCUT2D eigenvalue weighted by Crippen LogP contribution is -2.29. The van der Waals surface area contributed by atoms with Crippen molar-refractivity contribution in [2.45, 2.75) is 0 Å². The number of para-hydroxylation sites is 1. The third-order valence-electron chi connectivity index (χ3n) is 5.07. The number of methoxy groups -OCH3 is 1. The van der Waals surface area contributed by atoms with Crippen molar-refractivity contribution in [1.29, 1.82) is 0 Å². The number of rotatable bonds is 6. The Morgan fingerprint density at radius 1 is 0.824 bits per heavy atom. The van der Waals surface area contributed by atoms with Crippen LogP contribution < -0.4 is 10.2 Å². The summed E-state index contributed by atoms with van der Waals surface area (Å²) in [4.78, 5) is 62.9. The van der Waals surface area contributed by atoms with Gasteiger partial charge in [-0.1, -0.05) is 30.3 Å². The van der Waals surface area contributed by atoms with Gasteiger partial charge in [-0.15, -0.1) is 0 Å². The predicted octanol–water partition coefficient (Wildman–Crippen LogP) is 3.07. The number of amides is 3. The molecule has 1 heterocycles. The van der Waals surface area contributed by atoms with Crippen molar-refractivity contribution in [3.05, 3.63) is 95.1 Å². The molecule has 9 heteroatoms. The lowest BCUT2D eigenvalue weighted by molar-refractivity contribution is -0.119. The van der Waals surface area contributed by atoms with Crippen molar-refractivity contribution in [1.82, 2.24) is 0 Å². The maximum Gasteiger partial charge on any atom is 0.339 e. The van der Waals surface area contributed by atoms with Crippen LogP contribution in [0.2, 0.25) is 0 Å². The van der Waals surface area contributed by atoms with Crippen LogP contribution in [0.5, 0.6) is 0 Å². The largest absolute Gasteiger partial charge is 0.465 e. The number of hydrogen-bond acceptors (Lipinski definition) is 7. The molecule has 9 nitrogen and oxygen atoms in total. The van der Waals surface area contributed by atoms with Crippen LogP contribution >= 0.6 is 0 Å². The van der Waals surface area contributed by atoms with Gasteiger partial charge in [0, 0.05) is 0 Å². The third kappa shape index (κ3) is 4.26. The molecule has 3 amide bonds. The number of fused-ring (bicyclic) bond motifs is 1. The summed E-state index contributed by atoms with van der Waals surface area (Å²) >= 11 is 0. The predicted molar refractivity (Wildman–Crippen MR) is 121 cm³/mol. The van der Waals surface area contributed by atoms with Gasteiger partial charge < -0.3 is 14.8 Å². The fourth-order valence-electron chi connectivity index (χ4n) is 3.48. The van der Waals surface area contributed by atoms with E-state index in [1.54, 1.807) is 36.4 Å². The first-order valence-electron chi connectivity index (χ1n) is 10.1. The fourth-order valence-corrected chi connectivity index (χ4v) is 3.48. The molecule has 0 fully saturated rings. The van der Waals surface area contributed by atoms with Crippen molar-refractivity contribution in [2.75, 3.05) is 23.9 Å². The van der Waals surface area contributed by atoms with Gasteiger partial charge in [0.2, 0.25) is 0 Å². The monoisotopic (exact) mass is 458 g/mol. The molecule has 0 spiro atoms. The maximum absolute atomic E-state index is 12.7. The summed E-state index contributed by atoms with van der Waals surface area (Å²) < 4.78 is 9.74. The molecule has 3 aromatic carbocycles. The molecule has 0 aromatic heterocycles. The molecule has 4 rings (SSSR count). The Kier molecular flexibility index (Phi) is 6.18. The van der Waals surface area contributed by atoms with Crippen LogP contribution in [-0.4, -0.2) is 43.4 Å². The van der Waals surface area contributed by atoms with Crippen molar-refractivity contribution in [3.8, 4) is 0 Å². The first-order valence-corrected chi connectivity index (χ1v) is 10.1. The molecule has 0 saturated carbocycles. The summed E-state index contributed by atoms with van der Waals surface area (Å²) in [7, 11) is 1.22. The number of imide groups is 1. The van der Waals surface area contributed by atoms with Crippen molar-refractivity contribution in [3.63, 3.8) is 0 Å². The van der Waals surface area contributed by atoms with Crippen LogP contribution in [0, 0.1) is 0 Å². The maximum atomic E-state index is 12.7. The highest BCUT2D eigenvalue weighted by Gasteiger charge is 2.36. The van der Waals surface area contributed by atoms with Gasteiger partial charge in [-0.2, -0.15) is 0 Å². The van der Waals surface area contributed by atoms with Crippen LogP contribution in [0.15, 0.2) is 72.8 Å². The molecule has 170 valence electrons. The summed E-state index contributed by atoms with van der Waals surface area (Å²) in [5, 5.41) is 2.50. The van der Waals surface area contributed by atoms with Crippen LogP contribution in [0.4, 0.5) is 11.4 Å². The normalized spacial score (nSPS) is 12.2. The number of anilines is 2. The van der Waals surface area contributed by atoms with E-state index in [9.17, 15) is 24.0 Å². The topological polar surface area (TPSA) is 119 Å². The second-order valence-electron chi connectivity index (χ2n) is 7.20. The molecular formula is C25H18N2O7. The van der Waals surface area contributed by atoms with Crippen LogP contribution in [-0.2, 0) is 14.3 Å². The van der Waals surface area contributed by atoms with E-state index in [1.165, 1.54) is 43.5 Å². The average Bonchev–Trinajstić information content (AvgIpc) is 3.12. The van der Waals surface area contributed by atoms with Crippen LogP contribution in [0.25, 0.3) is 0 Å². The molecular weight excluding hydrogens is 440 g/mol. The molecule has 34 heavy (non-hydrogen) atoms. The third-order valence-corrected chi connectivity index (χ3v) is 5.07. The zero-order valence-electron chi connectivity index (χ0n) is 17.9. The second kappa shape index (κ2) is 9.37. The Morgan fingerprint density at radius 3 is 2.15 bits per heavy atom. The van der Waals surface area contributed by atoms with E-state index < -0.39 is 36.3 Å². The standard InChI is InChI=1S/C25H18N2O7/c1-33-25(32)19-11-4-5-12-20(19)26-21(28)14-34-24(31)15-7-6-8-16(13-15)27-22(29)17-9-2-3-10-18(17)23(27)30/h2-13H,14H2,1H3,(H,26,28). The second-order valence-corrected chi connectivity index (χ2v) is 7.20. The molecule has 1 aliphatic rings. The first kappa shape index (κ1) is 22.4. The van der Waals surface area contributed by atoms with Gasteiger partial charge in [-0.05, 0) is 42.5 Å². The molecule has 0 atom stereocenters. The first-order chi connectivity index (χ1) is 16.4. The molecule has 3 aromatic rings. The van der Waals surface area contributed by atoms with Gasteiger partial charge in [0.25, 0.3) is 17.7 Å². The minimum absolute atomic E-state index is 0.0526. The molecule has 1 N–H and O–H groups in total. The molecule has 1 aliphatic heterocycles. The van der Waals surface area contributed by atoms with E-state index in [-0.39, 0.29) is 33.6 Å². The summed E-state index contributed by atoms with van der Waals surface area (Å²) in [5.41, 5.74) is 1.18. The number of nitrogens with zero attached hydrogens (tertiary/aromatic N) is 1. The minimum atomic E-state index is -0.824. The lowest BCUT2D eigenvalue weighted by atomic mass is 10.1. The Balaban J connectivity index is 1.43. The average molecular weight is 458 g/mol. The zero-order chi connectivity index (χ0) is 24.2. The summed E-state index contributed by atoms with van der Waals surface area (Å²) in [5.74, 6) is -3.10. The van der Waals surface area contributed by atoms with E-state index in [1.807, 2.05) is 0 Å². The highest BCUT2D eigenvalue weighted by atomic mass is 16.5. The SMILES string of the molecule is COC(=O)c1ccccc1NC(=O)COC(=O)c1cccc(N2C(=O)c3ccccc3C2=O)c1. The van der Waals surface area contributed by atoms with Crippen molar-refractivity contribution in [2.24, 2.45) is 0 Å². The van der Waals surface area contributed by atoms with E-state index in [4.69, 9.17) is 4.74 Å². The van der Waals surface area contributed by atoms with Gasteiger partial charge >= 0.3 is 11.9 Å². The highest BCUT2D eigenvalue weighted by molar-refractivity contribution is 6.34. The Labute approximate surface area is 193 Å². The lowest BCUT2D eigenvalue weighted by Gasteiger charge is -2.15. The van der Waals surface area contributed by atoms with E-state index in [0.29, 0.717) is 0 Å². The van der Waals surface area contributed by atoms with Crippen LogP contribution in [0.3, 0.4) is 0 Å². The summed E-state index contributed by atoms with van der Waals surface area (Å²) in [6, 6.07) is 18.5. The minimum Gasteiger partial charge on any atom is -0.465 e. The number of carbonyl (C=O) groups excluding carboxylic acids is 5. The number of benzene rings is 3. The van der Waals surface area contributed by atoms with Crippen molar-refractivity contribution < 1.29 is 33.4 Å². The molecule has 0 unspecified atom stereocenters. The highest BCUT2D eigenvalue weighted by Crippen LogP contribution is 2.28. The Hall–Kier alpha value is -4.79. The molecule has 0 saturated heterocycles. The Bertz CT molecular complexity index is 1300. The van der Waals surface area contributed by atoms with Gasteiger partial charge in [-0.25, -0.2) is 14.5 Å². The number of carbonyl (C=O) groups is 5. The van der Waals surface area contributed by atoms with Crippen LogP contribution in [0.1, 0.15) is 41.4 Å². The molecule has 0 aliphatic carbocycles. The number of hydrogen-bond donors (Lipinski definition) is 1. The Morgan fingerprint density at radius 2 is 1.47 bits per heavy atom. The van der Waals surface area contributed by atoms with E-state index >= 15 is 0 Å². The van der Waals surface area contributed by atoms with Gasteiger partial charge in [0.05, 0.1) is 40.7 Å². The smallest absolute Gasteiger partial charge is 0.339 e. The van der Waals surface area contributed by atoms with E-state index in [2.05, 4.69) is 10.1 Å². The van der Waals surface area contributed by atoms with Gasteiger partial charge in [0.15, 0.2) is 6.61 Å². The van der Waals surface area contributed by atoms with Gasteiger partial charge in [-0.3, -0.25) is 14.4 Å². The zero-order valence-corrected chi connectivity index (χ0v) is 17.9. The molecule has 0 bridgehead atoms. The number of esters is 2. The fraction of sp³-hybridized carbons (Fsp3) is 0.0800.